The van der Waals surface area contributed by atoms with Gasteiger partial charge in [0.1, 0.15) is 11.6 Å². The molecule has 154 valence electrons. The van der Waals surface area contributed by atoms with Gasteiger partial charge in [-0.1, -0.05) is 0 Å². The minimum Gasteiger partial charge on any atom is -0.366 e. The molecule has 1 atom stereocenters. The number of piperazine rings is 1. The second-order valence-electron chi connectivity index (χ2n) is 7.48. The Bertz CT molecular complexity index is 1390. The van der Waals surface area contributed by atoms with Crippen molar-refractivity contribution in [1.82, 2.24) is 15.0 Å². The Hall–Kier alpha value is -3.46. The zero-order chi connectivity index (χ0) is 21.0. The predicted octanol–water partition coefficient (Wildman–Crippen LogP) is 2.50. The molecule has 2 N–H and O–H groups in total. The highest BCUT2D eigenvalue weighted by atomic mass is 19.1. The minimum atomic E-state index is -0.701. The van der Waals surface area contributed by atoms with E-state index < -0.39 is 22.6 Å². The maximum Gasteiger partial charge on any atom is 0.293 e. The molecule has 0 spiro atoms. The molecule has 2 aromatic heterocycles. The molecule has 0 aliphatic carbocycles. The molecule has 0 radical (unpaired) electrons. The largest absolute Gasteiger partial charge is 0.366 e. The number of benzene rings is 2. The van der Waals surface area contributed by atoms with Gasteiger partial charge in [0.15, 0.2) is 5.39 Å². The number of nitrogens with zero attached hydrogens (tertiary/aromatic N) is 2. The lowest BCUT2D eigenvalue weighted by Gasteiger charge is -2.34. The first-order chi connectivity index (χ1) is 14.4. The smallest absolute Gasteiger partial charge is 0.293 e. The molecule has 30 heavy (non-hydrogen) atoms. The number of nitrogens with one attached hydrogen (secondary N) is 2. The number of aromatic amines is 1. The van der Waals surface area contributed by atoms with Gasteiger partial charge in [-0.25, -0.2) is 8.78 Å². The number of pyridine rings is 1. The van der Waals surface area contributed by atoms with E-state index in [0.717, 1.165) is 6.07 Å². The van der Waals surface area contributed by atoms with Crippen molar-refractivity contribution in [2.45, 2.75) is 13.0 Å². The van der Waals surface area contributed by atoms with Crippen molar-refractivity contribution in [3.05, 3.63) is 68.6 Å². The van der Waals surface area contributed by atoms with Crippen LogP contribution in [0, 0.1) is 11.6 Å². The molecule has 2 aromatic carbocycles. The van der Waals surface area contributed by atoms with Crippen molar-refractivity contribution in [2.24, 2.45) is 0 Å². The molecule has 1 unspecified atom stereocenters. The maximum atomic E-state index is 15.1. The zero-order valence-corrected chi connectivity index (χ0v) is 16.0. The molecule has 1 fully saturated rings. The van der Waals surface area contributed by atoms with E-state index in [2.05, 4.69) is 10.5 Å². The Morgan fingerprint density at radius 1 is 1.13 bits per heavy atom. The highest BCUT2D eigenvalue weighted by molar-refractivity contribution is 5.94. The molecule has 4 aromatic rings. The molecule has 9 heteroatoms. The molecule has 3 heterocycles. The van der Waals surface area contributed by atoms with Crippen LogP contribution in [-0.4, -0.2) is 35.4 Å². The van der Waals surface area contributed by atoms with E-state index in [4.69, 9.17) is 4.52 Å². The summed E-state index contributed by atoms with van der Waals surface area (Å²) < 4.78 is 35.4. The van der Waals surface area contributed by atoms with Gasteiger partial charge in [0.25, 0.3) is 5.56 Å². The first kappa shape index (κ1) is 18.6. The molecule has 5 rings (SSSR count). The fraction of sp³-hybridized carbons (Fsp3) is 0.238. The van der Waals surface area contributed by atoms with Gasteiger partial charge in [-0.15, -0.1) is 0 Å². The molecule has 0 saturated carbocycles. The average Bonchev–Trinajstić information content (AvgIpc) is 3.11. The van der Waals surface area contributed by atoms with Gasteiger partial charge in [0.2, 0.25) is 11.1 Å². The first-order valence-corrected chi connectivity index (χ1v) is 9.58. The Kier molecular flexibility index (Phi) is 4.21. The van der Waals surface area contributed by atoms with Gasteiger partial charge in [-0.3, -0.25) is 14.2 Å². The lowest BCUT2D eigenvalue weighted by molar-refractivity contribution is 0.437. The quantitative estimate of drug-likeness (QED) is 0.529. The monoisotopic (exact) mass is 412 g/mol. The zero-order valence-electron chi connectivity index (χ0n) is 16.0. The van der Waals surface area contributed by atoms with Crippen LogP contribution in [0.4, 0.5) is 14.5 Å². The lowest BCUT2D eigenvalue weighted by atomic mass is 10.1. The van der Waals surface area contributed by atoms with Crippen molar-refractivity contribution in [3.63, 3.8) is 0 Å². The normalized spacial score (nSPS) is 17.2. The van der Waals surface area contributed by atoms with Crippen LogP contribution < -0.4 is 21.2 Å². The number of H-pyrrole nitrogens is 1. The third kappa shape index (κ3) is 2.81. The SMILES string of the molecule is CC1CN(c2cc3c(cc2F)c(=O)c2c(=O)[nH]oc2n3-c2ccc(F)cc2)CCN1. The molecule has 0 amide bonds. The molecule has 1 aliphatic rings. The van der Waals surface area contributed by atoms with Crippen LogP contribution in [0.15, 0.2) is 50.5 Å². The van der Waals surface area contributed by atoms with Crippen molar-refractivity contribution >= 4 is 27.7 Å². The summed E-state index contributed by atoms with van der Waals surface area (Å²) in [7, 11) is 0. The maximum absolute atomic E-state index is 15.1. The fourth-order valence-electron chi connectivity index (χ4n) is 4.05. The van der Waals surface area contributed by atoms with Crippen molar-refractivity contribution in [3.8, 4) is 5.69 Å². The first-order valence-electron chi connectivity index (χ1n) is 9.58. The number of hydrogen-bond donors (Lipinski definition) is 2. The molecular weight excluding hydrogens is 394 g/mol. The summed E-state index contributed by atoms with van der Waals surface area (Å²) in [5.74, 6) is -0.976. The molecule has 1 saturated heterocycles. The topological polar surface area (TPSA) is 83.3 Å². The highest BCUT2D eigenvalue weighted by Crippen LogP contribution is 2.29. The van der Waals surface area contributed by atoms with Crippen molar-refractivity contribution in [1.29, 1.82) is 0 Å². The van der Waals surface area contributed by atoms with E-state index in [0.29, 0.717) is 36.5 Å². The van der Waals surface area contributed by atoms with Crippen LogP contribution in [0.2, 0.25) is 0 Å². The summed E-state index contributed by atoms with van der Waals surface area (Å²) in [6, 6.07) is 8.45. The van der Waals surface area contributed by atoms with E-state index in [1.807, 2.05) is 11.8 Å². The summed E-state index contributed by atoms with van der Waals surface area (Å²) in [6.07, 6.45) is 0. The van der Waals surface area contributed by atoms with Gasteiger partial charge in [-0.2, -0.15) is 5.16 Å². The Morgan fingerprint density at radius 2 is 1.90 bits per heavy atom. The van der Waals surface area contributed by atoms with Crippen LogP contribution in [0.1, 0.15) is 6.92 Å². The van der Waals surface area contributed by atoms with E-state index in [1.54, 1.807) is 6.07 Å². The highest BCUT2D eigenvalue weighted by Gasteiger charge is 2.24. The minimum absolute atomic E-state index is 0.00431. The second-order valence-corrected chi connectivity index (χ2v) is 7.48. The Morgan fingerprint density at radius 3 is 2.63 bits per heavy atom. The van der Waals surface area contributed by atoms with Crippen LogP contribution in [0.5, 0.6) is 0 Å². The van der Waals surface area contributed by atoms with Gasteiger partial charge >= 0.3 is 0 Å². The summed E-state index contributed by atoms with van der Waals surface area (Å²) >= 11 is 0. The number of halogens is 2. The predicted molar refractivity (Wildman–Crippen MR) is 110 cm³/mol. The molecule has 7 nitrogen and oxygen atoms in total. The Balaban J connectivity index is 1.87. The van der Waals surface area contributed by atoms with Crippen molar-refractivity contribution < 1.29 is 13.3 Å². The molecular formula is C21H18F2N4O3. The van der Waals surface area contributed by atoms with Crippen LogP contribution in [-0.2, 0) is 0 Å². The average molecular weight is 412 g/mol. The number of aromatic nitrogens is 2. The van der Waals surface area contributed by atoms with Gasteiger partial charge in [-0.05, 0) is 43.3 Å². The number of hydrogen-bond acceptors (Lipinski definition) is 5. The van der Waals surface area contributed by atoms with Gasteiger partial charge in [0, 0.05) is 31.4 Å². The summed E-state index contributed by atoms with van der Waals surface area (Å²) in [4.78, 5) is 27.1. The third-order valence-corrected chi connectivity index (χ3v) is 5.46. The lowest BCUT2D eigenvalue weighted by Crippen LogP contribution is -2.49. The van der Waals surface area contributed by atoms with E-state index >= 15 is 4.39 Å². The number of anilines is 1. The number of fused-ring (bicyclic) bond motifs is 2. The fourth-order valence-corrected chi connectivity index (χ4v) is 4.05. The second kappa shape index (κ2) is 6.81. The third-order valence-electron chi connectivity index (χ3n) is 5.46. The molecule has 1 aliphatic heterocycles. The molecule has 0 bridgehead atoms. The van der Waals surface area contributed by atoms with Crippen LogP contribution in [0.3, 0.4) is 0 Å². The van der Waals surface area contributed by atoms with E-state index in [-0.39, 0.29) is 22.5 Å². The van der Waals surface area contributed by atoms with Crippen LogP contribution in [0.25, 0.3) is 27.7 Å². The summed E-state index contributed by atoms with van der Waals surface area (Å²) in [6.45, 7) is 3.92. The van der Waals surface area contributed by atoms with Gasteiger partial charge in [0.05, 0.1) is 16.6 Å². The number of rotatable bonds is 2. The summed E-state index contributed by atoms with van der Waals surface area (Å²) in [5.41, 5.74) is -0.135. The van der Waals surface area contributed by atoms with E-state index in [9.17, 15) is 14.0 Å². The standard InChI is InChI=1S/C21H18F2N4O3/c1-11-10-26(7-6-24-11)17-9-16-14(8-15(17)23)19(28)18-20(29)25-30-21(18)27(16)13-4-2-12(22)3-5-13/h2-5,8-9,11,24H,6-7,10H2,1H3,(H,25,29). The Labute approximate surface area is 168 Å². The van der Waals surface area contributed by atoms with Crippen molar-refractivity contribution in [2.75, 3.05) is 24.5 Å². The van der Waals surface area contributed by atoms with E-state index in [1.165, 1.54) is 28.8 Å². The summed E-state index contributed by atoms with van der Waals surface area (Å²) in [5, 5.41) is 5.31. The van der Waals surface area contributed by atoms with Crippen LogP contribution >= 0.6 is 0 Å². The van der Waals surface area contributed by atoms with Gasteiger partial charge < -0.3 is 14.7 Å².